The molecule has 3 aromatic carbocycles. The first kappa shape index (κ1) is 19.6. The maximum Gasteiger partial charge on any atom is 0.277 e. The fraction of sp³-hybridized carbons (Fsp3) is 0.208. The summed E-state index contributed by atoms with van der Waals surface area (Å²) < 4.78 is 5.58. The smallest absolute Gasteiger partial charge is 0.277 e. The molecule has 152 valence electrons. The molecule has 6 nitrogen and oxygen atoms in total. The van der Waals surface area contributed by atoms with Crippen LogP contribution in [0.2, 0.25) is 0 Å². The van der Waals surface area contributed by atoms with Crippen molar-refractivity contribution < 1.29 is 14.3 Å². The number of nitrogens with zero attached hydrogens (tertiary/aromatic N) is 1. The van der Waals surface area contributed by atoms with Gasteiger partial charge in [0, 0.05) is 11.6 Å². The van der Waals surface area contributed by atoms with E-state index in [-0.39, 0.29) is 24.3 Å². The lowest BCUT2D eigenvalue weighted by Gasteiger charge is -2.08. The zero-order valence-electron chi connectivity index (χ0n) is 16.7. The van der Waals surface area contributed by atoms with Crippen LogP contribution in [-0.2, 0) is 9.59 Å². The van der Waals surface area contributed by atoms with Crippen molar-refractivity contribution in [3.8, 4) is 5.75 Å². The maximum atomic E-state index is 12.1. The average molecular weight is 401 g/mol. The van der Waals surface area contributed by atoms with Gasteiger partial charge in [-0.2, -0.15) is 5.10 Å². The molecule has 0 aliphatic heterocycles. The first-order valence-corrected chi connectivity index (χ1v) is 9.94. The summed E-state index contributed by atoms with van der Waals surface area (Å²) in [6.45, 7) is 1.67. The molecule has 30 heavy (non-hydrogen) atoms. The minimum atomic E-state index is -0.347. The van der Waals surface area contributed by atoms with Crippen LogP contribution in [0, 0.1) is 5.92 Å². The molecule has 0 unspecified atom stereocenters. The monoisotopic (exact) mass is 401 g/mol. The lowest BCUT2D eigenvalue weighted by Crippen LogP contribution is -2.25. The molecule has 1 saturated carbocycles. The predicted molar refractivity (Wildman–Crippen MR) is 118 cm³/mol. The summed E-state index contributed by atoms with van der Waals surface area (Å²) >= 11 is 0. The molecule has 4 rings (SSSR count). The third-order valence-corrected chi connectivity index (χ3v) is 4.94. The Morgan fingerprint density at radius 1 is 1.00 bits per heavy atom. The molecule has 0 spiro atoms. The number of ether oxygens (including phenoxy) is 1. The first-order chi connectivity index (χ1) is 14.6. The van der Waals surface area contributed by atoms with E-state index in [2.05, 4.69) is 15.8 Å². The number of fused-ring (bicyclic) bond motifs is 1. The van der Waals surface area contributed by atoms with Crippen molar-refractivity contribution >= 4 is 34.0 Å². The summed E-state index contributed by atoms with van der Waals surface area (Å²) in [7, 11) is 0. The molecule has 0 bridgehead atoms. The van der Waals surface area contributed by atoms with Crippen molar-refractivity contribution in [3.05, 3.63) is 72.3 Å². The van der Waals surface area contributed by atoms with Crippen LogP contribution >= 0.6 is 0 Å². The SMILES string of the molecule is C/C(=N/NC(=O)COc1ccc2ccccc2c1)c1cccc(NC(=O)C2CC2)c1. The molecule has 0 atom stereocenters. The fourth-order valence-electron chi connectivity index (χ4n) is 3.06. The van der Waals surface area contributed by atoms with E-state index in [0.29, 0.717) is 11.5 Å². The molecule has 1 aliphatic rings. The zero-order valence-corrected chi connectivity index (χ0v) is 16.7. The zero-order chi connectivity index (χ0) is 20.9. The van der Waals surface area contributed by atoms with Crippen molar-refractivity contribution in [2.75, 3.05) is 11.9 Å². The molecule has 1 aliphatic carbocycles. The number of carbonyl (C=O) groups excluding carboxylic acids is 2. The largest absolute Gasteiger partial charge is 0.484 e. The molecule has 2 amide bonds. The highest BCUT2D eigenvalue weighted by Crippen LogP contribution is 2.30. The van der Waals surface area contributed by atoms with Gasteiger partial charge in [0.1, 0.15) is 5.75 Å². The third-order valence-electron chi connectivity index (χ3n) is 4.94. The molecular weight excluding hydrogens is 378 g/mol. The van der Waals surface area contributed by atoms with E-state index in [1.807, 2.05) is 66.7 Å². The van der Waals surface area contributed by atoms with Crippen LogP contribution in [0.3, 0.4) is 0 Å². The molecule has 3 aromatic rings. The fourth-order valence-corrected chi connectivity index (χ4v) is 3.06. The lowest BCUT2D eigenvalue weighted by molar-refractivity contribution is -0.123. The van der Waals surface area contributed by atoms with E-state index >= 15 is 0 Å². The first-order valence-electron chi connectivity index (χ1n) is 9.94. The van der Waals surface area contributed by atoms with E-state index < -0.39 is 0 Å². The van der Waals surface area contributed by atoms with Crippen molar-refractivity contribution in [2.45, 2.75) is 19.8 Å². The number of hydrazone groups is 1. The minimum Gasteiger partial charge on any atom is -0.484 e. The number of hydrogen-bond donors (Lipinski definition) is 2. The van der Waals surface area contributed by atoms with Crippen molar-refractivity contribution in [1.29, 1.82) is 0 Å². The lowest BCUT2D eigenvalue weighted by atomic mass is 10.1. The second-order valence-electron chi connectivity index (χ2n) is 7.37. The van der Waals surface area contributed by atoms with Gasteiger partial charge < -0.3 is 10.1 Å². The predicted octanol–water partition coefficient (Wildman–Crippen LogP) is 4.11. The average Bonchev–Trinajstić information content (AvgIpc) is 3.61. The standard InChI is InChI=1S/C24H23N3O3/c1-16(19-7-4-8-21(13-19)25-24(29)18-9-10-18)26-27-23(28)15-30-22-12-11-17-5-2-3-6-20(17)14-22/h2-8,11-14,18H,9-10,15H2,1H3,(H,25,29)(H,27,28)/b26-16-. The van der Waals surface area contributed by atoms with E-state index in [0.717, 1.165) is 34.9 Å². The Bertz CT molecular complexity index is 1120. The van der Waals surface area contributed by atoms with Crippen LogP contribution in [-0.4, -0.2) is 24.1 Å². The second-order valence-corrected chi connectivity index (χ2v) is 7.37. The van der Waals surface area contributed by atoms with Crippen LogP contribution in [0.5, 0.6) is 5.75 Å². The highest BCUT2D eigenvalue weighted by Gasteiger charge is 2.29. The number of rotatable bonds is 7. The molecule has 0 heterocycles. The summed E-state index contributed by atoms with van der Waals surface area (Å²) in [6, 6.07) is 21.1. The summed E-state index contributed by atoms with van der Waals surface area (Å²) in [5.41, 5.74) is 4.69. The van der Waals surface area contributed by atoms with Gasteiger partial charge in [0.25, 0.3) is 5.91 Å². The van der Waals surface area contributed by atoms with Crippen molar-refractivity contribution in [1.82, 2.24) is 5.43 Å². The normalized spacial score (nSPS) is 13.7. The van der Waals surface area contributed by atoms with Gasteiger partial charge in [0.15, 0.2) is 6.61 Å². The van der Waals surface area contributed by atoms with Gasteiger partial charge in [-0.05, 0) is 60.4 Å². The molecule has 6 heteroatoms. The van der Waals surface area contributed by atoms with Crippen LogP contribution in [0.4, 0.5) is 5.69 Å². The Balaban J connectivity index is 1.32. The number of anilines is 1. The number of benzene rings is 3. The number of carbonyl (C=O) groups is 2. The maximum absolute atomic E-state index is 12.1. The van der Waals surface area contributed by atoms with Gasteiger partial charge >= 0.3 is 0 Å². The molecule has 0 aromatic heterocycles. The van der Waals surface area contributed by atoms with Gasteiger partial charge in [-0.3, -0.25) is 9.59 Å². The van der Waals surface area contributed by atoms with E-state index in [1.54, 1.807) is 6.92 Å². The number of hydrogen-bond acceptors (Lipinski definition) is 4. The van der Waals surface area contributed by atoms with E-state index in [9.17, 15) is 9.59 Å². The van der Waals surface area contributed by atoms with Crippen LogP contribution in [0.15, 0.2) is 71.8 Å². The van der Waals surface area contributed by atoms with Gasteiger partial charge in [-0.25, -0.2) is 5.43 Å². The Morgan fingerprint density at radius 2 is 1.80 bits per heavy atom. The van der Waals surface area contributed by atoms with E-state index in [1.165, 1.54) is 0 Å². The van der Waals surface area contributed by atoms with Crippen LogP contribution < -0.4 is 15.5 Å². The topological polar surface area (TPSA) is 79.8 Å². The van der Waals surface area contributed by atoms with Crippen molar-refractivity contribution in [2.24, 2.45) is 11.0 Å². The van der Waals surface area contributed by atoms with Gasteiger partial charge in [-0.15, -0.1) is 0 Å². The minimum absolute atomic E-state index is 0.0564. The van der Waals surface area contributed by atoms with E-state index in [4.69, 9.17) is 4.74 Å². The third kappa shape index (κ3) is 5.03. The molecule has 0 saturated heterocycles. The Hall–Kier alpha value is -3.67. The number of amides is 2. The summed E-state index contributed by atoms with van der Waals surface area (Å²) in [5.74, 6) is 0.482. The molecular formula is C24H23N3O3. The van der Waals surface area contributed by atoms with Crippen LogP contribution in [0.1, 0.15) is 25.3 Å². The van der Waals surface area contributed by atoms with Crippen LogP contribution in [0.25, 0.3) is 10.8 Å². The Kier molecular flexibility index (Phi) is 5.75. The number of nitrogens with one attached hydrogen (secondary N) is 2. The summed E-state index contributed by atoms with van der Waals surface area (Å²) in [4.78, 5) is 24.0. The Labute approximate surface area is 174 Å². The molecule has 2 N–H and O–H groups in total. The highest BCUT2D eigenvalue weighted by atomic mass is 16.5. The summed E-state index contributed by atoms with van der Waals surface area (Å²) in [6.07, 6.45) is 1.92. The Morgan fingerprint density at radius 3 is 2.60 bits per heavy atom. The quantitative estimate of drug-likeness (QED) is 0.462. The summed E-state index contributed by atoms with van der Waals surface area (Å²) in [5, 5.41) is 9.23. The highest BCUT2D eigenvalue weighted by molar-refractivity contribution is 6.01. The second kappa shape index (κ2) is 8.78. The van der Waals surface area contributed by atoms with Gasteiger partial charge in [0.2, 0.25) is 5.91 Å². The molecule has 1 fully saturated rings. The van der Waals surface area contributed by atoms with Gasteiger partial charge in [0.05, 0.1) is 5.71 Å². The van der Waals surface area contributed by atoms with Gasteiger partial charge in [-0.1, -0.05) is 42.5 Å². The van der Waals surface area contributed by atoms with Crippen molar-refractivity contribution in [3.63, 3.8) is 0 Å². The molecule has 0 radical (unpaired) electrons.